The second-order valence-corrected chi connectivity index (χ2v) is 7.31. The number of para-hydroxylation sites is 2. The summed E-state index contributed by atoms with van der Waals surface area (Å²) < 4.78 is 1.51. The van der Waals surface area contributed by atoms with Crippen LogP contribution < -0.4 is 16.7 Å². The molecule has 24 heavy (non-hydrogen) atoms. The van der Waals surface area contributed by atoms with Gasteiger partial charge >= 0.3 is 5.69 Å². The molecule has 2 fully saturated rings. The molecule has 2 saturated carbocycles. The number of imidazole rings is 1. The summed E-state index contributed by atoms with van der Waals surface area (Å²) in [5.74, 6) is 0.881. The van der Waals surface area contributed by atoms with Gasteiger partial charge in [-0.2, -0.15) is 0 Å². The van der Waals surface area contributed by atoms with Crippen LogP contribution in [0.2, 0.25) is 0 Å². The zero-order valence-electron chi connectivity index (χ0n) is 13.7. The van der Waals surface area contributed by atoms with Gasteiger partial charge in [0, 0.05) is 12.1 Å². The zero-order valence-corrected chi connectivity index (χ0v) is 13.7. The van der Waals surface area contributed by atoms with Gasteiger partial charge in [-0.25, -0.2) is 4.79 Å². The summed E-state index contributed by atoms with van der Waals surface area (Å²) in [6.45, 7) is 0.0604. The second kappa shape index (κ2) is 6.09. The fourth-order valence-corrected chi connectivity index (χ4v) is 4.66. The van der Waals surface area contributed by atoms with E-state index in [1.807, 2.05) is 24.3 Å². The number of fused-ring (bicyclic) bond motifs is 3. The monoisotopic (exact) mass is 328 g/mol. The van der Waals surface area contributed by atoms with Crippen molar-refractivity contribution in [2.45, 2.75) is 50.7 Å². The Labute approximate surface area is 140 Å². The lowest BCUT2D eigenvalue weighted by Gasteiger charge is -2.45. The average Bonchev–Trinajstić information content (AvgIpc) is 2.84. The van der Waals surface area contributed by atoms with Gasteiger partial charge < -0.3 is 16.0 Å². The summed E-state index contributed by atoms with van der Waals surface area (Å²) in [5.41, 5.74) is 7.44. The fraction of sp³-hybridized carbons (Fsp3) is 0.556. The van der Waals surface area contributed by atoms with Gasteiger partial charge in [-0.3, -0.25) is 9.36 Å². The fourth-order valence-electron chi connectivity index (χ4n) is 4.66. The third kappa shape index (κ3) is 2.75. The lowest BCUT2D eigenvalue weighted by atomic mass is 9.67. The van der Waals surface area contributed by atoms with Crippen molar-refractivity contribution in [2.24, 2.45) is 17.6 Å². The number of benzene rings is 1. The highest BCUT2D eigenvalue weighted by Gasteiger charge is 2.39. The highest BCUT2D eigenvalue weighted by atomic mass is 16.2. The highest BCUT2D eigenvalue weighted by Crippen LogP contribution is 2.39. The molecule has 128 valence electrons. The molecule has 0 aliphatic heterocycles. The minimum absolute atomic E-state index is 0.0604. The van der Waals surface area contributed by atoms with E-state index in [-0.39, 0.29) is 30.2 Å². The number of H-pyrrole nitrogens is 1. The van der Waals surface area contributed by atoms with Crippen LogP contribution in [0.5, 0.6) is 0 Å². The first-order chi connectivity index (χ1) is 11.6. The Morgan fingerprint density at radius 3 is 2.71 bits per heavy atom. The Kier molecular flexibility index (Phi) is 3.92. The van der Waals surface area contributed by atoms with Crippen molar-refractivity contribution >= 4 is 16.9 Å². The lowest BCUT2D eigenvalue weighted by molar-refractivity contribution is -0.124. The van der Waals surface area contributed by atoms with Gasteiger partial charge in [-0.05, 0) is 49.7 Å². The molecule has 2 aromatic rings. The van der Waals surface area contributed by atoms with Gasteiger partial charge in [0.05, 0.1) is 11.0 Å². The zero-order chi connectivity index (χ0) is 16.7. The molecule has 2 atom stereocenters. The second-order valence-electron chi connectivity index (χ2n) is 7.31. The Balaban J connectivity index is 1.50. The number of nitrogens with one attached hydrogen (secondary N) is 2. The maximum Gasteiger partial charge on any atom is 0.326 e. The standard InChI is InChI=1S/C18H24N4O2/c19-13-8-11-4-3-5-12(9-13)17(11)21-16(23)10-22-15-7-2-1-6-14(15)20-18(22)24/h1-2,6-7,11-13,17H,3-5,8-10,19H2,(H,20,24)(H,21,23). The molecule has 6 heteroatoms. The predicted octanol–water partition coefficient (Wildman–Crippen LogP) is 1.35. The van der Waals surface area contributed by atoms with Crippen LogP contribution >= 0.6 is 0 Å². The third-order valence-electron chi connectivity index (χ3n) is 5.69. The van der Waals surface area contributed by atoms with Gasteiger partial charge in [-0.1, -0.05) is 18.6 Å². The molecule has 6 nitrogen and oxygen atoms in total. The normalized spacial score (nSPS) is 29.5. The molecular weight excluding hydrogens is 304 g/mol. The lowest BCUT2D eigenvalue weighted by Crippen LogP contribution is -2.54. The minimum atomic E-state index is -0.239. The molecule has 4 rings (SSSR count). The van der Waals surface area contributed by atoms with Crippen molar-refractivity contribution in [2.75, 3.05) is 0 Å². The number of nitrogens with zero attached hydrogens (tertiary/aromatic N) is 1. The maximum absolute atomic E-state index is 12.6. The van der Waals surface area contributed by atoms with Crippen LogP contribution in [0.25, 0.3) is 11.0 Å². The Morgan fingerprint density at radius 2 is 1.96 bits per heavy atom. The van der Waals surface area contributed by atoms with Crippen molar-refractivity contribution in [1.29, 1.82) is 0 Å². The van der Waals surface area contributed by atoms with Crippen LogP contribution in [-0.4, -0.2) is 27.5 Å². The summed E-state index contributed by atoms with van der Waals surface area (Å²) in [6.07, 6.45) is 5.50. The largest absolute Gasteiger partial charge is 0.351 e. The van der Waals surface area contributed by atoms with Gasteiger partial charge in [0.2, 0.25) is 5.91 Å². The van der Waals surface area contributed by atoms with Crippen LogP contribution in [0.1, 0.15) is 32.1 Å². The summed E-state index contributed by atoms with van der Waals surface area (Å²) >= 11 is 0. The van der Waals surface area contributed by atoms with E-state index in [9.17, 15) is 9.59 Å². The van der Waals surface area contributed by atoms with E-state index in [4.69, 9.17) is 5.73 Å². The number of hydrogen-bond donors (Lipinski definition) is 3. The first kappa shape index (κ1) is 15.4. The first-order valence-corrected chi connectivity index (χ1v) is 8.84. The van der Waals surface area contributed by atoms with Gasteiger partial charge in [-0.15, -0.1) is 0 Å². The minimum Gasteiger partial charge on any atom is -0.351 e. The molecule has 4 N–H and O–H groups in total. The average molecular weight is 328 g/mol. The molecule has 0 radical (unpaired) electrons. The number of aromatic nitrogens is 2. The molecule has 0 saturated heterocycles. The molecule has 1 amide bonds. The maximum atomic E-state index is 12.6. The molecular formula is C18H24N4O2. The van der Waals surface area contributed by atoms with E-state index < -0.39 is 0 Å². The molecule has 2 bridgehead atoms. The molecule has 1 aromatic heterocycles. The molecule has 2 unspecified atom stereocenters. The number of nitrogens with two attached hydrogens (primary N) is 1. The summed E-state index contributed by atoms with van der Waals surface area (Å²) in [7, 11) is 0. The van der Waals surface area contributed by atoms with Crippen molar-refractivity contribution in [3.63, 3.8) is 0 Å². The van der Waals surface area contributed by atoms with E-state index in [0.29, 0.717) is 11.8 Å². The van der Waals surface area contributed by atoms with E-state index in [0.717, 1.165) is 36.7 Å². The summed E-state index contributed by atoms with van der Waals surface area (Å²) in [4.78, 5) is 27.5. The quantitative estimate of drug-likeness (QED) is 0.794. The van der Waals surface area contributed by atoms with Crippen LogP contribution in [-0.2, 0) is 11.3 Å². The smallest absolute Gasteiger partial charge is 0.326 e. The van der Waals surface area contributed by atoms with E-state index in [1.54, 1.807) is 0 Å². The highest BCUT2D eigenvalue weighted by molar-refractivity contribution is 5.80. The Morgan fingerprint density at radius 1 is 1.25 bits per heavy atom. The number of rotatable bonds is 3. The molecule has 2 aliphatic rings. The number of carbonyl (C=O) groups is 1. The van der Waals surface area contributed by atoms with Gasteiger partial charge in [0.1, 0.15) is 6.54 Å². The number of carbonyl (C=O) groups excluding carboxylic acids is 1. The molecule has 1 heterocycles. The van der Waals surface area contributed by atoms with Crippen LogP contribution in [0, 0.1) is 11.8 Å². The molecule has 1 aromatic carbocycles. The van der Waals surface area contributed by atoms with E-state index in [1.165, 1.54) is 11.0 Å². The Hall–Kier alpha value is -2.08. The molecule has 0 spiro atoms. The summed E-state index contributed by atoms with van der Waals surface area (Å²) in [5, 5.41) is 3.20. The van der Waals surface area contributed by atoms with Crippen LogP contribution in [0.15, 0.2) is 29.1 Å². The van der Waals surface area contributed by atoms with Crippen molar-refractivity contribution in [3.05, 3.63) is 34.7 Å². The number of amides is 1. The van der Waals surface area contributed by atoms with E-state index >= 15 is 0 Å². The number of aromatic amines is 1. The van der Waals surface area contributed by atoms with Crippen molar-refractivity contribution in [3.8, 4) is 0 Å². The number of hydrogen-bond acceptors (Lipinski definition) is 3. The van der Waals surface area contributed by atoms with E-state index in [2.05, 4.69) is 10.3 Å². The van der Waals surface area contributed by atoms with Crippen molar-refractivity contribution in [1.82, 2.24) is 14.9 Å². The predicted molar refractivity (Wildman–Crippen MR) is 92.5 cm³/mol. The first-order valence-electron chi connectivity index (χ1n) is 8.84. The SMILES string of the molecule is NC1CC2CCCC(C1)C2NC(=O)Cn1c(=O)[nH]c2ccccc21. The van der Waals surface area contributed by atoms with Crippen LogP contribution in [0.3, 0.4) is 0 Å². The van der Waals surface area contributed by atoms with Gasteiger partial charge in [0.15, 0.2) is 0 Å². The van der Waals surface area contributed by atoms with Gasteiger partial charge in [0.25, 0.3) is 0 Å². The third-order valence-corrected chi connectivity index (χ3v) is 5.69. The topological polar surface area (TPSA) is 92.9 Å². The van der Waals surface area contributed by atoms with Crippen LogP contribution in [0.4, 0.5) is 0 Å². The summed E-state index contributed by atoms with van der Waals surface area (Å²) in [6, 6.07) is 7.93. The Bertz CT molecular complexity index is 795. The molecule has 2 aliphatic carbocycles. The van der Waals surface area contributed by atoms with Crippen molar-refractivity contribution < 1.29 is 4.79 Å².